The van der Waals surface area contributed by atoms with Crippen molar-refractivity contribution in [2.75, 3.05) is 12.4 Å². The van der Waals surface area contributed by atoms with Gasteiger partial charge in [0.25, 0.3) is 5.91 Å². The highest BCUT2D eigenvalue weighted by molar-refractivity contribution is 6.09. The first-order valence-electron chi connectivity index (χ1n) is 9.50. The number of aryl methyl sites for hydroxylation is 2. The van der Waals surface area contributed by atoms with Crippen molar-refractivity contribution >= 4 is 33.4 Å². The van der Waals surface area contributed by atoms with E-state index in [2.05, 4.69) is 10.3 Å². The van der Waals surface area contributed by atoms with Gasteiger partial charge in [0.2, 0.25) is 5.43 Å². The molecule has 30 heavy (non-hydrogen) atoms. The molecule has 0 fully saturated rings. The van der Waals surface area contributed by atoms with Crippen molar-refractivity contribution in [2.24, 2.45) is 0 Å². The number of hydrogen-bond donors (Lipinski definition) is 1. The minimum Gasteiger partial charge on any atom is -0.497 e. The molecule has 4 rings (SSSR count). The number of hydrogen-bond acceptors (Lipinski definition) is 4. The van der Waals surface area contributed by atoms with Crippen LogP contribution in [0, 0.1) is 12.7 Å². The van der Waals surface area contributed by atoms with E-state index in [0.29, 0.717) is 45.5 Å². The van der Waals surface area contributed by atoms with Crippen molar-refractivity contribution in [3.05, 3.63) is 76.0 Å². The zero-order valence-electron chi connectivity index (χ0n) is 16.8. The van der Waals surface area contributed by atoms with E-state index in [1.807, 2.05) is 11.5 Å². The van der Waals surface area contributed by atoms with Crippen LogP contribution in [-0.4, -0.2) is 22.6 Å². The van der Waals surface area contributed by atoms with Crippen LogP contribution in [0.4, 0.5) is 10.1 Å². The molecule has 4 aromatic rings. The maximum atomic E-state index is 13.8. The number of halogens is 1. The van der Waals surface area contributed by atoms with E-state index in [0.717, 1.165) is 0 Å². The summed E-state index contributed by atoms with van der Waals surface area (Å²) in [5, 5.41) is 3.62. The van der Waals surface area contributed by atoms with E-state index in [-0.39, 0.29) is 5.56 Å². The van der Waals surface area contributed by atoms with Gasteiger partial charge in [-0.1, -0.05) is 0 Å². The fourth-order valence-corrected chi connectivity index (χ4v) is 3.55. The molecule has 0 unspecified atom stereocenters. The molecule has 2 aromatic heterocycles. The molecule has 2 heterocycles. The number of carbonyl (C=O) groups excluding carboxylic acids is 1. The molecule has 0 bridgehead atoms. The van der Waals surface area contributed by atoms with Crippen molar-refractivity contribution in [2.45, 2.75) is 20.4 Å². The molecule has 0 saturated heterocycles. The summed E-state index contributed by atoms with van der Waals surface area (Å²) in [6.45, 7) is 4.29. The van der Waals surface area contributed by atoms with Crippen molar-refractivity contribution in [1.82, 2.24) is 9.55 Å². The molecule has 6 nitrogen and oxygen atoms in total. The Morgan fingerprint density at radius 1 is 1.17 bits per heavy atom. The second-order valence-corrected chi connectivity index (χ2v) is 6.97. The van der Waals surface area contributed by atoms with Crippen molar-refractivity contribution < 1.29 is 13.9 Å². The number of benzene rings is 2. The summed E-state index contributed by atoms with van der Waals surface area (Å²) in [6.07, 6.45) is 1.54. The molecule has 0 atom stereocenters. The van der Waals surface area contributed by atoms with Crippen LogP contribution >= 0.6 is 0 Å². The maximum Gasteiger partial charge on any atom is 0.261 e. The lowest BCUT2D eigenvalue weighted by molar-refractivity contribution is 0.102. The zero-order chi connectivity index (χ0) is 21.4. The van der Waals surface area contributed by atoms with Crippen molar-refractivity contribution in [3.63, 3.8) is 0 Å². The van der Waals surface area contributed by atoms with Gasteiger partial charge in [-0.25, -0.2) is 4.39 Å². The summed E-state index contributed by atoms with van der Waals surface area (Å²) >= 11 is 0. The third-order valence-corrected chi connectivity index (χ3v) is 5.02. The van der Waals surface area contributed by atoms with Crippen LogP contribution in [0.2, 0.25) is 0 Å². The monoisotopic (exact) mass is 405 g/mol. The van der Waals surface area contributed by atoms with Crippen molar-refractivity contribution in [1.29, 1.82) is 0 Å². The molecule has 152 valence electrons. The zero-order valence-corrected chi connectivity index (χ0v) is 16.8. The van der Waals surface area contributed by atoms with Gasteiger partial charge in [-0.3, -0.25) is 14.6 Å². The van der Waals surface area contributed by atoms with Crippen LogP contribution < -0.4 is 15.5 Å². The number of rotatable bonds is 4. The standard InChI is InChI=1S/C23H20FN3O3/c1-4-27-12-18(22(28)17-11-15(30-3)6-8-21(17)27)23(29)26-20-9-13(2)25-19-7-5-14(24)10-16(19)20/h5-12H,4H2,1-3H3,(H,25,26,29). The second-order valence-electron chi connectivity index (χ2n) is 6.97. The molecule has 0 aliphatic carbocycles. The SMILES string of the molecule is CCn1cc(C(=O)Nc2cc(C)nc3ccc(F)cc23)c(=O)c2cc(OC)ccc21. The number of ether oxygens (including phenoxy) is 1. The third-order valence-electron chi connectivity index (χ3n) is 5.02. The Kier molecular flexibility index (Phi) is 4.95. The summed E-state index contributed by atoms with van der Waals surface area (Å²) in [6, 6.07) is 11.0. The fraction of sp³-hybridized carbons (Fsp3) is 0.174. The number of nitrogens with zero attached hydrogens (tertiary/aromatic N) is 2. The molecule has 7 heteroatoms. The average Bonchev–Trinajstić information content (AvgIpc) is 2.74. The smallest absolute Gasteiger partial charge is 0.261 e. The number of fused-ring (bicyclic) bond motifs is 2. The number of anilines is 1. The molecule has 0 saturated carbocycles. The second kappa shape index (κ2) is 7.59. The average molecular weight is 405 g/mol. The van der Waals surface area contributed by atoms with E-state index in [1.54, 1.807) is 43.5 Å². The topological polar surface area (TPSA) is 73.2 Å². The Morgan fingerprint density at radius 3 is 2.70 bits per heavy atom. The van der Waals surface area contributed by atoms with E-state index in [4.69, 9.17) is 4.74 Å². The van der Waals surface area contributed by atoms with E-state index >= 15 is 0 Å². The molecule has 1 N–H and O–H groups in total. The molecular weight excluding hydrogens is 385 g/mol. The highest BCUT2D eigenvalue weighted by Gasteiger charge is 2.17. The van der Waals surface area contributed by atoms with Gasteiger partial charge in [0.05, 0.1) is 29.2 Å². The number of amides is 1. The lowest BCUT2D eigenvalue weighted by Crippen LogP contribution is -2.24. The summed E-state index contributed by atoms with van der Waals surface area (Å²) in [7, 11) is 1.52. The van der Waals surface area contributed by atoms with Crippen molar-refractivity contribution in [3.8, 4) is 5.75 Å². The lowest BCUT2D eigenvalue weighted by Gasteiger charge is -2.14. The number of nitrogens with one attached hydrogen (secondary N) is 1. The van der Waals surface area contributed by atoms with E-state index in [9.17, 15) is 14.0 Å². The van der Waals surface area contributed by atoms with Gasteiger partial charge in [0, 0.05) is 23.8 Å². The Hall–Kier alpha value is -3.74. The normalized spacial score (nSPS) is 11.1. The van der Waals surface area contributed by atoms with Gasteiger partial charge in [-0.05, 0) is 56.3 Å². The first-order valence-corrected chi connectivity index (χ1v) is 9.50. The Morgan fingerprint density at radius 2 is 1.97 bits per heavy atom. The largest absolute Gasteiger partial charge is 0.497 e. The summed E-state index contributed by atoms with van der Waals surface area (Å²) in [5.74, 6) is -0.469. The van der Waals surface area contributed by atoms with Crippen LogP contribution in [0.5, 0.6) is 5.75 Å². The molecule has 0 spiro atoms. The van der Waals surface area contributed by atoms with Gasteiger partial charge in [0.15, 0.2) is 0 Å². The van der Waals surface area contributed by atoms with Gasteiger partial charge in [-0.15, -0.1) is 0 Å². The number of aromatic nitrogens is 2. The highest BCUT2D eigenvalue weighted by atomic mass is 19.1. The van der Waals surface area contributed by atoms with Gasteiger partial charge in [0.1, 0.15) is 17.1 Å². The van der Waals surface area contributed by atoms with Crippen LogP contribution in [0.25, 0.3) is 21.8 Å². The minimum atomic E-state index is -0.567. The number of carbonyl (C=O) groups is 1. The Labute approximate surface area is 171 Å². The molecule has 2 aromatic carbocycles. The minimum absolute atomic E-state index is 0.00313. The maximum absolute atomic E-state index is 13.8. The lowest BCUT2D eigenvalue weighted by atomic mass is 10.1. The van der Waals surface area contributed by atoms with Gasteiger partial charge in [-0.2, -0.15) is 0 Å². The van der Waals surface area contributed by atoms with E-state index < -0.39 is 17.2 Å². The quantitative estimate of drug-likeness (QED) is 0.550. The van der Waals surface area contributed by atoms with Crippen LogP contribution in [0.3, 0.4) is 0 Å². The first-order chi connectivity index (χ1) is 14.4. The van der Waals surface area contributed by atoms with Crippen LogP contribution in [-0.2, 0) is 6.54 Å². The summed E-state index contributed by atoms with van der Waals surface area (Å²) in [4.78, 5) is 30.5. The number of methoxy groups -OCH3 is 1. The van der Waals surface area contributed by atoms with Crippen LogP contribution in [0.1, 0.15) is 23.0 Å². The Bertz CT molecular complexity index is 1360. The first kappa shape index (κ1) is 19.6. The number of pyridine rings is 2. The third kappa shape index (κ3) is 3.39. The summed E-state index contributed by atoms with van der Waals surface area (Å²) < 4.78 is 20.8. The van der Waals surface area contributed by atoms with Gasteiger partial charge < -0.3 is 14.6 Å². The summed E-state index contributed by atoms with van der Waals surface area (Å²) in [5.41, 5.74) is 1.94. The Balaban J connectivity index is 1.85. The van der Waals surface area contributed by atoms with Crippen LogP contribution in [0.15, 0.2) is 53.5 Å². The molecule has 1 amide bonds. The molecule has 0 radical (unpaired) electrons. The predicted molar refractivity (Wildman–Crippen MR) is 115 cm³/mol. The molecule has 0 aliphatic rings. The van der Waals surface area contributed by atoms with Gasteiger partial charge >= 0.3 is 0 Å². The highest BCUT2D eigenvalue weighted by Crippen LogP contribution is 2.25. The molecular formula is C23H20FN3O3. The predicted octanol–water partition coefficient (Wildman–Crippen LogP) is 4.28. The molecule has 0 aliphatic heterocycles. The van der Waals surface area contributed by atoms with E-state index in [1.165, 1.54) is 19.2 Å². The fourth-order valence-electron chi connectivity index (χ4n) is 3.55.